The first-order valence-electron chi connectivity index (χ1n) is 5.09. The van der Waals surface area contributed by atoms with E-state index in [1.165, 1.54) is 6.42 Å². The molecule has 1 atom stereocenters. The molecule has 3 nitrogen and oxygen atoms in total. The van der Waals surface area contributed by atoms with E-state index in [-0.39, 0.29) is 0 Å². The van der Waals surface area contributed by atoms with Gasteiger partial charge in [0, 0.05) is 6.54 Å². The number of nitrogens with zero attached hydrogens (tertiary/aromatic N) is 1. The summed E-state index contributed by atoms with van der Waals surface area (Å²) < 4.78 is 0. The zero-order valence-electron chi connectivity index (χ0n) is 9.17. The summed E-state index contributed by atoms with van der Waals surface area (Å²) in [5.41, 5.74) is 7.44. The first-order chi connectivity index (χ1) is 6.63. The van der Waals surface area contributed by atoms with Gasteiger partial charge in [0.15, 0.2) is 0 Å². The van der Waals surface area contributed by atoms with Crippen molar-refractivity contribution in [3.8, 4) is 0 Å². The average Bonchev–Trinajstić information content (AvgIpc) is 2.16. The van der Waals surface area contributed by atoms with Gasteiger partial charge in [0.1, 0.15) is 5.82 Å². The third-order valence-corrected chi connectivity index (χ3v) is 2.41. The Morgan fingerprint density at radius 3 is 2.86 bits per heavy atom. The van der Waals surface area contributed by atoms with Crippen LogP contribution in [0.5, 0.6) is 0 Å². The number of nitrogens with one attached hydrogen (secondary N) is 1. The minimum atomic E-state index is 0.675. The summed E-state index contributed by atoms with van der Waals surface area (Å²) in [6.07, 6.45) is 2.87. The van der Waals surface area contributed by atoms with E-state index >= 15 is 0 Å². The van der Waals surface area contributed by atoms with Crippen molar-refractivity contribution < 1.29 is 0 Å². The molecule has 78 valence electrons. The Hall–Kier alpha value is -1.25. The molecule has 0 aliphatic heterocycles. The van der Waals surface area contributed by atoms with E-state index in [1.807, 2.05) is 13.0 Å². The molecule has 3 heteroatoms. The molecule has 0 radical (unpaired) electrons. The lowest BCUT2D eigenvalue weighted by Crippen LogP contribution is -2.12. The number of nitrogen functional groups attached to an aromatic ring is 1. The van der Waals surface area contributed by atoms with Crippen LogP contribution in [0.2, 0.25) is 0 Å². The fourth-order valence-corrected chi connectivity index (χ4v) is 1.20. The normalized spacial score (nSPS) is 12.5. The largest absolute Gasteiger partial charge is 0.397 e. The van der Waals surface area contributed by atoms with Crippen molar-refractivity contribution >= 4 is 11.5 Å². The molecule has 1 rings (SSSR count). The van der Waals surface area contributed by atoms with Crippen LogP contribution in [0.15, 0.2) is 12.3 Å². The molecule has 0 aliphatic carbocycles. The standard InChI is InChI=1S/C11H19N3/c1-4-8(2)6-13-11-9(3)5-10(12)7-14-11/h5,7-8H,4,6,12H2,1-3H3,(H,13,14). The Bertz CT molecular complexity index is 297. The van der Waals surface area contributed by atoms with E-state index in [9.17, 15) is 0 Å². The fourth-order valence-electron chi connectivity index (χ4n) is 1.20. The van der Waals surface area contributed by atoms with E-state index in [1.54, 1.807) is 6.20 Å². The summed E-state index contributed by atoms with van der Waals surface area (Å²) in [6, 6.07) is 1.94. The lowest BCUT2D eigenvalue weighted by molar-refractivity contribution is 0.592. The van der Waals surface area contributed by atoms with E-state index in [0.717, 1.165) is 23.6 Å². The summed E-state index contributed by atoms with van der Waals surface area (Å²) in [7, 11) is 0. The molecule has 14 heavy (non-hydrogen) atoms. The van der Waals surface area contributed by atoms with Gasteiger partial charge in [-0.3, -0.25) is 0 Å². The predicted molar refractivity (Wildman–Crippen MR) is 61.3 cm³/mol. The van der Waals surface area contributed by atoms with Crippen molar-refractivity contribution in [2.45, 2.75) is 27.2 Å². The van der Waals surface area contributed by atoms with Crippen LogP contribution in [0.1, 0.15) is 25.8 Å². The third kappa shape index (κ3) is 2.91. The maximum absolute atomic E-state index is 5.62. The topological polar surface area (TPSA) is 50.9 Å². The van der Waals surface area contributed by atoms with E-state index in [0.29, 0.717) is 5.92 Å². The molecule has 0 aliphatic rings. The van der Waals surface area contributed by atoms with Gasteiger partial charge in [-0.2, -0.15) is 0 Å². The molecule has 1 aromatic rings. The van der Waals surface area contributed by atoms with Crippen molar-refractivity contribution in [1.29, 1.82) is 0 Å². The summed E-state index contributed by atoms with van der Waals surface area (Å²) in [5, 5.41) is 3.32. The van der Waals surface area contributed by atoms with Gasteiger partial charge in [-0.1, -0.05) is 20.3 Å². The second-order valence-corrected chi connectivity index (χ2v) is 3.83. The van der Waals surface area contributed by atoms with Crippen molar-refractivity contribution in [2.24, 2.45) is 5.92 Å². The lowest BCUT2D eigenvalue weighted by atomic mass is 10.1. The van der Waals surface area contributed by atoms with Crippen molar-refractivity contribution in [3.05, 3.63) is 17.8 Å². The Labute approximate surface area is 85.7 Å². The molecular formula is C11H19N3. The number of pyridine rings is 1. The van der Waals surface area contributed by atoms with Crippen LogP contribution in [0, 0.1) is 12.8 Å². The van der Waals surface area contributed by atoms with Crippen molar-refractivity contribution in [3.63, 3.8) is 0 Å². The average molecular weight is 193 g/mol. The summed E-state index contributed by atoms with van der Waals surface area (Å²) in [6.45, 7) is 7.39. The molecule has 1 heterocycles. The Morgan fingerprint density at radius 2 is 2.29 bits per heavy atom. The maximum atomic E-state index is 5.62. The predicted octanol–water partition coefficient (Wildman–Crippen LogP) is 2.43. The first kappa shape index (κ1) is 10.8. The van der Waals surface area contributed by atoms with Gasteiger partial charge in [-0.15, -0.1) is 0 Å². The highest BCUT2D eigenvalue weighted by molar-refractivity contribution is 5.50. The van der Waals surface area contributed by atoms with Gasteiger partial charge in [0.05, 0.1) is 11.9 Å². The third-order valence-electron chi connectivity index (χ3n) is 2.41. The minimum Gasteiger partial charge on any atom is -0.397 e. The summed E-state index contributed by atoms with van der Waals surface area (Å²) >= 11 is 0. The number of aromatic nitrogens is 1. The van der Waals surface area contributed by atoms with Gasteiger partial charge in [-0.25, -0.2) is 4.98 Å². The lowest BCUT2D eigenvalue weighted by Gasteiger charge is -2.12. The van der Waals surface area contributed by atoms with Crippen LogP contribution in [0.25, 0.3) is 0 Å². The zero-order chi connectivity index (χ0) is 10.6. The number of rotatable bonds is 4. The van der Waals surface area contributed by atoms with Crippen LogP contribution in [0.4, 0.5) is 11.5 Å². The van der Waals surface area contributed by atoms with E-state index < -0.39 is 0 Å². The van der Waals surface area contributed by atoms with Gasteiger partial charge in [-0.05, 0) is 24.5 Å². The SMILES string of the molecule is CCC(C)CNc1ncc(N)cc1C. The van der Waals surface area contributed by atoms with E-state index in [4.69, 9.17) is 5.73 Å². The minimum absolute atomic E-state index is 0.675. The number of anilines is 2. The Balaban J connectivity index is 2.59. The second kappa shape index (κ2) is 4.84. The van der Waals surface area contributed by atoms with Crippen molar-refractivity contribution in [2.75, 3.05) is 17.6 Å². The highest BCUT2D eigenvalue weighted by atomic mass is 15.0. The fraction of sp³-hybridized carbons (Fsp3) is 0.545. The van der Waals surface area contributed by atoms with E-state index in [2.05, 4.69) is 24.1 Å². The molecule has 0 bridgehead atoms. The number of hydrogen-bond donors (Lipinski definition) is 2. The summed E-state index contributed by atoms with van der Waals surface area (Å²) in [4.78, 5) is 4.25. The van der Waals surface area contributed by atoms with Crippen molar-refractivity contribution in [1.82, 2.24) is 4.98 Å². The molecule has 0 saturated heterocycles. The zero-order valence-corrected chi connectivity index (χ0v) is 9.17. The Morgan fingerprint density at radius 1 is 1.57 bits per heavy atom. The van der Waals surface area contributed by atoms with Gasteiger partial charge in [0.2, 0.25) is 0 Å². The molecule has 1 unspecified atom stereocenters. The van der Waals surface area contributed by atoms with Crippen LogP contribution in [-0.4, -0.2) is 11.5 Å². The van der Waals surface area contributed by atoms with Crippen LogP contribution >= 0.6 is 0 Å². The van der Waals surface area contributed by atoms with Gasteiger partial charge < -0.3 is 11.1 Å². The molecule has 0 fully saturated rings. The first-order valence-corrected chi connectivity index (χ1v) is 5.09. The van der Waals surface area contributed by atoms with Crippen LogP contribution in [0.3, 0.4) is 0 Å². The molecular weight excluding hydrogens is 174 g/mol. The highest BCUT2D eigenvalue weighted by Gasteiger charge is 2.02. The maximum Gasteiger partial charge on any atom is 0.129 e. The number of hydrogen-bond acceptors (Lipinski definition) is 3. The van der Waals surface area contributed by atoms with Gasteiger partial charge in [0.25, 0.3) is 0 Å². The second-order valence-electron chi connectivity index (χ2n) is 3.83. The molecule has 0 spiro atoms. The van der Waals surface area contributed by atoms with Crippen LogP contribution in [-0.2, 0) is 0 Å². The quantitative estimate of drug-likeness (QED) is 0.772. The molecule has 0 aromatic carbocycles. The monoisotopic (exact) mass is 193 g/mol. The molecule has 0 saturated carbocycles. The Kier molecular flexibility index (Phi) is 3.74. The number of aryl methyl sites for hydroxylation is 1. The highest BCUT2D eigenvalue weighted by Crippen LogP contribution is 2.14. The molecule has 1 aromatic heterocycles. The molecule has 0 amide bonds. The summed E-state index contributed by atoms with van der Waals surface area (Å²) in [5.74, 6) is 1.62. The smallest absolute Gasteiger partial charge is 0.129 e. The van der Waals surface area contributed by atoms with Gasteiger partial charge >= 0.3 is 0 Å². The van der Waals surface area contributed by atoms with Crippen LogP contribution < -0.4 is 11.1 Å². The molecule has 3 N–H and O–H groups in total. The number of nitrogens with two attached hydrogens (primary N) is 1.